The first-order valence-corrected chi connectivity index (χ1v) is 3.77. The number of hydrogen-bond donors (Lipinski definition) is 0. The highest BCUT2D eigenvalue weighted by Crippen LogP contribution is 2.10. The van der Waals surface area contributed by atoms with Gasteiger partial charge in [-0.3, -0.25) is 4.68 Å². The van der Waals surface area contributed by atoms with E-state index in [1.54, 1.807) is 7.05 Å². The van der Waals surface area contributed by atoms with Crippen LogP contribution >= 0.6 is 27.8 Å². The van der Waals surface area contributed by atoms with Crippen molar-refractivity contribution in [1.29, 1.82) is 0 Å². The van der Waals surface area contributed by atoms with Crippen LogP contribution < -0.4 is 0 Å². The van der Waals surface area contributed by atoms with Gasteiger partial charge in [0.05, 0.1) is 0 Å². The van der Waals surface area contributed by atoms with Crippen molar-refractivity contribution < 1.29 is 9.08 Å². The fraction of sp³-hybridized carbons (Fsp3) is 0.200. The quantitative estimate of drug-likeness (QED) is 0.746. The lowest BCUT2D eigenvalue weighted by molar-refractivity contribution is 0.0740. The minimum Gasteiger partial charge on any atom is -0.342 e. The lowest BCUT2D eigenvalue weighted by Crippen LogP contribution is -2.05. The fourth-order valence-electron chi connectivity index (χ4n) is 0.663. The molecule has 4 nitrogen and oxygen atoms in total. The number of nitrogens with zero attached hydrogens (tertiary/aromatic N) is 2. The van der Waals surface area contributed by atoms with E-state index in [1.807, 2.05) is 0 Å². The highest BCUT2D eigenvalue weighted by Gasteiger charge is 2.12. The van der Waals surface area contributed by atoms with Crippen LogP contribution in [0.5, 0.6) is 0 Å². The molecule has 0 bridgehead atoms. The van der Waals surface area contributed by atoms with E-state index in [4.69, 9.17) is 11.9 Å². The molecule has 60 valence electrons. The average molecular weight is 239 g/mol. The molecule has 1 aromatic rings. The topological polar surface area (TPSA) is 44.1 Å². The van der Waals surface area contributed by atoms with Crippen LogP contribution in [0, 0.1) is 0 Å². The maximum atomic E-state index is 10.8. The van der Waals surface area contributed by atoms with Gasteiger partial charge in [0.1, 0.15) is 22.2 Å². The second kappa shape index (κ2) is 3.23. The maximum absolute atomic E-state index is 10.8. The Hall–Kier alpha value is -0.550. The SMILES string of the molecule is Cn1nc(Br)cc1C(=O)OCl. The molecule has 0 unspecified atom stereocenters. The van der Waals surface area contributed by atoms with E-state index in [-0.39, 0.29) is 0 Å². The van der Waals surface area contributed by atoms with E-state index in [1.165, 1.54) is 10.7 Å². The molecule has 0 aliphatic rings. The molecule has 0 saturated carbocycles. The summed E-state index contributed by atoms with van der Waals surface area (Å²) in [6.07, 6.45) is 0. The van der Waals surface area contributed by atoms with Gasteiger partial charge in [0.2, 0.25) is 0 Å². The molecule has 11 heavy (non-hydrogen) atoms. The molecule has 0 amide bonds. The Morgan fingerprint density at radius 2 is 2.55 bits per heavy atom. The number of halogens is 2. The van der Waals surface area contributed by atoms with Crippen LogP contribution in [0.15, 0.2) is 10.7 Å². The summed E-state index contributed by atoms with van der Waals surface area (Å²) in [7, 11) is 1.62. The molecule has 0 atom stereocenters. The Kier molecular flexibility index (Phi) is 2.51. The van der Waals surface area contributed by atoms with Crippen LogP contribution in [-0.2, 0) is 11.3 Å². The predicted octanol–water partition coefficient (Wildman–Crippen LogP) is 1.49. The molecule has 0 radical (unpaired) electrons. The highest BCUT2D eigenvalue weighted by atomic mass is 79.9. The summed E-state index contributed by atoms with van der Waals surface area (Å²) in [5.74, 6) is -0.618. The fourth-order valence-corrected chi connectivity index (χ4v) is 1.20. The number of carbonyl (C=O) groups excluding carboxylic acids is 1. The van der Waals surface area contributed by atoms with Gasteiger partial charge in [-0.2, -0.15) is 5.10 Å². The summed E-state index contributed by atoms with van der Waals surface area (Å²) in [5.41, 5.74) is 0.298. The lowest BCUT2D eigenvalue weighted by Gasteiger charge is -1.94. The highest BCUT2D eigenvalue weighted by molar-refractivity contribution is 9.10. The normalized spacial score (nSPS) is 9.73. The van der Waals surface area contributed by atoms with Crippen molar-refractivity contribution in [1.82, 2.24) is 9.78 Å². The molecule has 1 heterocycles. The number of aromatic nitrogens is 2. The molecular formula is C5H4BrClN2O2. The van der Waals surface area contributed by atoms with Crippen LogP contribution in [0.4, 0.5) is 0 Å². The third-order valence-corrected chi connectivity index (χ3v) is 1.66. The summed E-state index contributed by atoms with van der Waals surface area (Å²) < 4.78 is 5.92. The molecule has 0 N–H and O–H groups in total. The summed E-state index contributed by atoms with van der Waals surface area (Å²) in [4.78, 5) is 10.8. The van der Waals surface area contributed by atoms with E-state index in [9.17, 15) is 4.79 Å². The Labute approximate surface area is 76.4 Å². The molecule has 1 aromatic heterocycles. The summed E-state index contributed by atoms with van der Waals surface area (Å²) in [5, 5.41) is 3.85. The van der Waals surface area contributed by atoms with Crippen molar-refractivity contribution in [3.63, 3.8) is 0 Å². The molecule has 1 rings (SSSR count). The minimum absolute atomic E-state index is 0.298. The number of rotatable bonds is 1. The largest absolute Gasteiger partial charge is 0.374 e. The first kappa shape index (κ1) is 8.55. The summed E-state index contributed by atoms with van der Waals surface area (Å²) in [6, 6.07) is 1.52. The molecule has 0 spiro atoms. The van der Waals surface area contributed by atoms with E-state index in [2.05, 4.69) is 25.3 Å². The second-order valence-electron chi connectivity index (χ2n) is 1.84. The van der Waals surface area contributed by atoms with Gasteiger partial charge in [-0.15, -0.1) is 0 Å². The van der Waals surface area contributed by atoms with Crippen LogP contribution in [-0.4, -0.2) is 15.7 Å². The van der Waals surface area contributed by atoms with E-state index in [0.29, 0.717) is 10.3 Å². The zero-order valence-corrected chi connectivity index (χ0v) is 7.89. The number of carbonyl (C=O) groups is 1. The van der Waals surface area contributed by atoms with Gasteiger partial charge in [0.25, 0.3) is 0 Å². The van der Waals surface area contributed by atoms with Gasteiger partial charge in [0.15, 0.2) is 0 Å². The maximum Gasteiger partial charge on any atom is 0.374 e. The van der Waals surface area contributed by atoms with Gasteiger partial charge < -0.3 is 4.29 Å². The molecule has 6 heteroatoms. The van der Waals surface area contributed by atoms with Crippen LogP contribution in [0.3, 0.4) is 0 Å². The molecule has 0 fully saturated rings. The standard InChI is InChI=1S/C5H4BrClN2O2/c1-9-3(5(10)11-7)2-4(6)8-9/h2H,1H3. The Bertz CT molecular complexity index is 286. The van der Waals surface area contributed by atoms with Gasteiger partial charge in [-0.25, -0.2) is 4.79 Å². The van der Waals surface area contributed by atoms with Crippen molar-refractivity contribution in [2.75, 3.05) is 0 Å². The van der Waals surface area contributed by atoms with Gasteiger partial charge in [-0.05, 0) is 15.9 Å². The average Bonchev–Trinajstić information content (AvgIpc) is 2.28. The third kappa shape index (κ3) is 1.72. The van der Waals surface area contributed by atoms with Gasteiger partial charge in [-0.1, -0.05) is 0 Å². The van der Waals surface area contributed by atoms with Gasteiger partial charge in [0, 0.05) is 13.1 Å². The van der Waals surface area contributed by atoms with Crippen molar-refractivity contribution >= 4 is 33.8 Å². The summed E-state index contributed by atoms with van der Waals surface area (Å²) in [6.45, 7) is 0. The van der Waals surface area contributed by atoms with Gasteiger partial charge >= 0.3 is 5.97 Å². The molecule has 0 aliphatic carbocycles. The minimum atomic E-state index is -0.618. The van der Waals surface area contributed by atoms with Crippen molar-refractivity contribution in [3.8, 4) is 0 Å². The van der Waals surface area contributed by atoms with Crippen LogP contribution in [0.1, 0.15) is 10.5 Å². The third-order valence-electron chi connectivity index (χ3n) is 1.13. The number of aryl methyl sites for hydroxylation is 1. The summed E-state index contributed by atoms with van der Waals surface area (Å²) >= 11 is 7.96. The molecule has 0 aromatic carbocycles. The second-order valence-corrected chi connectivity index (χ2v) is 2.81. The van der Waals surface area contributed by atoms with E-state index < -0.39 is 5.97 Å². The smallest absolute Gasteiger partial charge is 0.342 e. The first-order chi connectivity index (χ1) is 5.15. The van der Waals surface area contributed by atoms with Crippen LogP contribution in [0.2, 0.25) is 0 Å². The Balaban J connectivity index is 3.03. The zero-order chi connectivity index (χ0) is 8.43. The Morgan fingerprint density at radius 3 is 2.91 bits per heavy atom. The van der Waals surface area contributed by atoms with Crippen molar-refractivity contribution in [2.45, 2.75) is 0 Å². The number of hydrogen-bond acceptors (Lipinski definition) is 3. The zero-order valence-electron chi connectivity index (χ0n) is 5.54. The molecular weight excluding hydrogens is 235 g/mol. The van der Waals surface area contributed by atoms with Crippen molar-refractivity contribution in [2.24, 2.45) is 7.05 Å². The first-order valence-electron chi connectivity index (χ1n) is 2.67. The lowest BCUT2D eigenvalue weighted by atomic mass is 10.4. The van der Waals surface area contributed by atoms with E-state index >= 15 is 0 Å². The van der Waals surface area contributed by atoms with Crippen LogP contribution in [0.25, 0.3) is 0 Å². The monoisotopic (exact) mass is 238 g/mol. The van der Waals surface area contributed by atoms with E-state index in [0.717, 1.165) is 0 Å². The molecule has 0 saturated heterocycles. The predicted molar refractivity (Wildman–Crippen MR) is 42.2 cm³/mol. The van der Waals surface area contributed by atoms with Crippen molar-refractivity contribution in [3.05, 3.63) is 16.4 Å². The Morgan fingerprint density at radius 1 is 1.91 bits per heavy atom. The molecule has 0 aliphatic heterocycles.